The number of carbonyl (C=O) groups is 1. The number of hydrogen-bond donors (Lipinski definition) is 1. The molecule has 2 rings (SSSR count). The third-order valence-corrected chi connectivity index (χ3v) is 3.82. The SMILES string of the molecule is C/C=C(\C)CN1CCN(c2ccc(C(=O)O)cc2)CC1. The molecule has 4 heteroatoms. The number of allylic oxidation sites excluding steroid dienone is 1. The zero-order valence-corrected chi connectivity index (χ0v) is 12.2. The molecule has 0 unspecified atom stereocenters. The highest BCUT2D eigenvalue weighted by Gasteiger charge is 2.17. The molecule has 0 aliphatic carbocycles. The van der Waals surface area contributed by atoms with E-state index in [2.05, 4.69) is 29.7 Å². The van der Waals surface area contributed by atoms with Crippen molar-refractivity contribution >= 4 is 11.7 Å². The molecule has 1 aliphatic rings. The van der Waals surface area contributed by atoms with E-state index in [0.29, 0.717) is 5.56 Å². The summed E-state index contributed by atoms with van der Waals surface area (Å²) in [5, 5.41) is 8.90. The van der Waals surface area contributed by atoms with Crippen molar-refractivity contribution in [3.63, 3.8) is 0 Å². The van der Waals surface area contributed by atoms with Gasteiger partial charge in [0.25, 0.3) is 0 Å². The van der Waals surface area contributed by atoms with Crippen molar-refractivity contribution in [2.75, 3.05) is 37.6 Å². The van der Waals surface area contributed by atoms with E-state index in [0.717, 1.165) is 38.4 Å². The quantitative estimate of drug-likeness (QED) is 0.857. The molecular weight excluding hydrogens is 252 g/mol. The van der Waals surface area contributed by atoms with Crippen LogP contribution in [-0.2, 0) is 0 Å². The summed E-state index contributed by atoms with van der Waals surface area (Å²) >= 11 is 0. The first-order valence-corrected chi connectivity index (χ1v) is 7.02. The lowest BCUT2D eigenvalue weighted by molar-refractivity contribution is 0.0697. The number of piperazine rings is 1. The highest BCUT2D eigenvalue weighted by Crippen LogP contribution is 2.17. The highest BCUT2D eigenvalue weighted by molar-refractivity contribution is 5.88. The van der Waals surface area contributed by atoms with Crippen LogP contribution in [-0.4, -0.2) is 48.7 Å². The second-order valence-corrected chi connectivity index (χ2v) is 5.25. The Labute approximate surface area is 120 Å². The molecule has 1 fully saturated rings. The maximum Gasteiger partial charge on any atom is 0.335 e. The molecule has 0 atom stereocenters. The van der Waals surface area contributed by atoms with Crippen molar-refractivity contribution in [3.8, 4) is 0 Å². The molecule has 0 amide bonds. The van der Waals surface area contributed by atoms with Crippen LogP contribution in [0.1, 0.15) is 24.2 Å². The molecule has 1 saturated heterocycles. The summed E-state index contributed by atoms with van der Waals surface area (Å²) in [5.41, 5.74) is 2.86. The standard InChI is InChI=1S/C16H22N2O2/c1-3-13(2)12-17-8-10-18(11-9-17)15-6-4-14(5-7-15)16(19)20/h3-7H,8-12H2,1-2H3,(H,19,20)/b13-3+. The van der Waals surface area contributed by atoms with Crippen LogP contribution in [0.15, 0.2) is 35.9 Å². The summed E-state index contributed by atoms with van der Waals surface area (Å²) in [6, 6.07) is 7.15. The number of benzene rings is 1. The molecule has 1 aromatic carbocycles. The molecule has 108 valence electrons. The van der Waals surface area contributed by atoms with Gasteiger partial charge in [0.15, 0.2) is 0 Å². The Morgan fingerprint density at radius 1 is 1.20 bits per heavy atom. The van der Waals surface area contributed by atoms with Crippen molar-refractivity contribution in [1.82, 2.24) is 4.90 Å². The fourth-order valence-corrected chi connectivity index (χ4v) is 2.42. The first-order chi connectivity index (χ1) is 9.60. The highest BCUT2D eigenvalue weighted by atomic mass is 16.4. The van der Waals surface area contributed by atoms with E-state index in [-0.39, 0.29) is 0 Å². The Morgan fingerprint density at radius 3 is 2.30 bits per heavy atom. The van der Waals surface area contributed by atoms with Gasteiger partial charge in [0.05, 0.1) is 5.56 Å². The summed E-state index contributed by atoms with van der Waals surface area (Å²) in [6.45, 7) is 9.36. The molecule has 1 heterocycles. The van der Waals surface area contributed by atoms with Gasteiger partial charge in [-0.25, -0.2) is 4.79 Å². The lowest BCUT2D eigenvalue weighted by atomic mass is 10.1. The van der Waals surface area contributed by atoms with Crippen molar-refractivity contribution in [2.45, 2.75) is 13.8 Å². The predicted molar refractivity (Wildman–Crippen MR) is 81.5 cm³/mol. The average molecular weight is 274 g/mol. The second-order valence-electron chi connectivity index (χ2n) is 5.25. The Hall–Kier alpha value is -1.81. The normalized spacial score (nSPS) is 17.3. The van der Waals surface area contributed by atoms with Gasteiger partial charge in [0.2, 0.25) is 0 Å². The van der Waals surface area contributed by atoms with Crippen LogP contribution in [0, 0.1) is 0 Å². The monoisotopic (exact) mass is 274 g/mol. The minimum atomic E-state index is -0.872. The lowest BCUT2D eigenvalue weighted by Gasteiger charge is -2.36. The minimum absolute atomic E-state index is 0.344. The Kier molecular flexibility index (Phi) is 4.79. The number of carboxylic acids is 1. The molecule has 20 heavy (non-hydrogen) atoms. The first-order valence-electron chi connectivity index (χ1n) is 7.02. The number of nitrogens with zero attached hydrogens (tertiary/aromatic N) is 2. The number of anilines is 1. The lowest BCUT2D eigenvalue weighted by Crippen LogP contribution is -2.46. The zero-order chi connectivity index (χ0) is 14.5. The van der Waals surface area contributed by atoms with E-state index in [1.165, 1.54) is 5.57 Å². The van der Waals surface area contributed by atoms with Gasteiger partial charge in [-0.2, -0.15) is 0 Å². The molecule has 0 radical (unpaired) electrons. The molecule has 1 aliphatic heterocycles. The largest absolute Gasteiger partial charge is 0.478 e. The van der Waals surface area contributed by atoms with E-state index < -0.39 is 5.97 Å². The van der Waals surface area contributed by atoms with E-state index in [1.54, 1.807) is 12.1 Å². The fraction of sp³-hybridized carbons (Fsp3) is 0.438. The smallest absolute Gasteiger partial charge is 0.335 e. The second kappa shape index (κ2) is 6.57. The maximum atomic E-state index is 10.8. The molecule has 0 saturated carbocycles. The van der Waals surface area contributed by atoms with Gasteiger partial charge in [0.1, 0.15) is 0 Å². The summed E-state index contributed by atoms with van der Waals surface area (Å²) in [4.78, 5) is 15.6. The summed E-state index contributed by atoms with van der Waals surface area (Å²) in [6.07, 6.45) is 2.16. The Morgan fingerprint density at radius 2 is 1.80 bits per heavy atom. The molecule has 1 aromatic rings. The van der Waals surface area contributed by atoms with Gasteiger partial charge >= 0.3 is 5.97 Å². The minimum Gasteiger partial charge on any atom is -0.478 e. The molecule has 4 nitrogen and oxygen atoms in total. The van der Waals surface area contributed by atoms with Gasteiger partial charge in [-0.1, -0.05) is 11.6 Å². The van der Waals surface area contributed by atoms with Crippen molar-refractivity contribution in [3.05, 3.63) is 41.5 Å². The molecule has 0 bridgehead atoms. The van der Waals surface area contributed by atoms with E-state index in [9.17, 15) is 4.79 Å². The molecule has 0 aromatic heterocycles. The number of hydrogen-bond acceptors (Lipinski definition) is 3. The van der Waals surface area contributed by atoms with Gasteiger partial charge in [-0.3, -0.25) is 4.90 Å². The van der Waals surface area contributed by atoms with Crippen LogP contribution in [0.2, 0.25) is 0 Å². The van der Waals surface area contributed by atoms with Crippen LogP contribution in [0.3, 0.4) is 0 Å². The van der Waals surface area contributed by atoms with Crippen LogP contribution in [0.5, 0.6) is 0 Å². The summed E-state index contributed by atoms with van der Waals surface area (Å²) < 4.78 is 0. The van der Waals surface area contributed by atoms with E-state index in [1.807, 2.05) is 12.1 Å². The third-order valence-electron chi connectivity index (χ3n) is 3.82. The first kappa shape index (κ1) is 14.6. The molecular formula is C16H22N2O2. The van der Waals surface area contributed by atoms with Crippen LogP contribution in [0.4, 0.5) is 5.69 Å². The van der Waals surface area contributed by atoms with Gasteiger partial charge < -0.3 is 10.0 Å². The van der Waals surface area contributed by atoms with Gasteiger partial charge in [-0.05, 0) is 38.1 Å². The summed E-state index contributed by atoms with van der Waals surface area (Å²) in [5.74, 6) is -0.872. The van der Waals surface area contributed by atoms with Crippen LogP contribution >= 0.6 is 0 Å². The zero-order valence-electron chi connectivity index (χ0n) is 12.2. The van der Waals surface area contributed by atoms with Crippen molar-refractivity contribution in [1.29, 1.82) is 0 Å². The van der Waals surface area contributed by atoms with Crippen LogP contribution in [0.25, 0.3) is 0 Å². The third kappa shape index (κ3) is 3.61. The van der Waals surface area contributed by atoms with E-state index in [4.69, 9.17) is 5.11 Å². The van der Waals surface area contributed by atoms with Gasteiger partial charge in [-0.15, -0.1) is 0 Å². The average Bonchev–Trinajstić information content (AvgIpc) is 2.48. The molecule has 0 spiro atoms. The fourth-order valence-electron chi connectivity index (χ4n) is 2.42. The maximum absolute atomic E-state index is 10.8. The Balaban J connectivity index is 1.92. The number of rotatable bonds is 4. The topological polar surface area (TPSA) is 43.8 Å². The number of carboxylic acid groups (broad SMARTS) is 1. The number of aromatic carboxylic acids is 1. The molecule has 1 N–H and O–H groups in total. The van der Waals surface area contributed by atoms with E-state index >= 15 is 0 Å². The van der Waals surface area contributed by atoms with Crippen molar-refractivity contribution in [2.24, 2.45) is 0 Å². The van der Waals surface area contributed by atoms with Gasteiger partial charge in [0, 0.05) is 38.4 Å². The Bertz CT molecular complexity index is 486. The van der Waals surface area contributed by atoms with Crippen molar-refractivity contribution < 1.29 is 9.90 Å². The predicted octanol–water partition coefficient (Wildman–Crippen LogP) is 2.47. The summed E-state index contributed by atoms with van der Waals surface area (Å²) in [7, 11) is 0. The van der Waals surface area contributed by atoms with Crippen LogP contribution < -0.4 is 4.90 Å².